The summed E-state index contributed by atoms with van der Waals surface area (Å²) in [7, 11) is 0. The maximum atomic E-state index is 4.00. The standard InChI is InChI=1S/C14H16/c1-5-8-13-10-7-9-12(6-2)14(13)11(3)4/h5-10H,2-3H2,1,4H3/b8-5-. The highest BCUT2D eigenvalue weighted by Gasteiger charge is 2.03. The van der Waals surface area contributed by atoms with Crippen LogP contribution < -0.4 is 0 Å². The molecule has 1 aromatic rings. The van der Waals surface area contributed by atoms with Crippen LogP contribution in [0.5, 0.6) is 0 Å². The fraction of sp³-hybridized carbons (Fsp3) is 0.143. The molecule has 1 rings (SSSR count). The second-order valence-corrected chi connectivity index (χ2v) is 3.30. The van der Waals surface area contributed by atoms with Gasteiger partial charge in [0.25, 0.3) is 0 Å². The first-order valence-corrected chi connectivity index (χ1v) is 4.74. The van der Waals surface area contributed by atoms with E-state index in [1.165, 1.54) is 11.1 Å². The van der Waals surface area contributed by atoms with Gasteiger partial charge in [-0.15, -0.1) is 0 Å². The number of hydrogen-bond donors (Lipinski definition) is 0. The topological polar surface area (TPSA) is 0 Å². The van der Waals surface area contributed by atoms with Crippen molar-refractivity contribution in [3.8, 4) is 0 Å². The Balaban J connectivity index is 3.42. The van der Waals surface area contributed by atoms with Crippen molar-refractivity contribution in [2.75, 3.05) is 0 Å². The van der Waals surface area contributed by atoms with Crippen LogP contribution in [0.15, 0.2) is 37.4 Å². The zero-order valence-electron chi connectivity index (χ0n) is 8.88. The highest BCUT2D eigenvalue weighted by Crippen LogP contribution is 2.24. The van der Waals surface area contributed by atoms with Crippen LogP contribution in [0, 0.1) is 0 Å². The van der Waals surface area contributed by atoms with Crippen molar-refractivity contribution in [2.45, 2.75) is 13.8 Å². The maximum Gasteiger partial charge on any atom is -0.00884 e. The van der Waals surface area contributed by atoms with Gasteiger partial charge in [0, 0.05) is 0 Å². The Morgan fingerprint density at radius 1 is 1.29 bits per heavy atom. The third-order valence-corrected chi connectivity index (χ3v) is 2.12. The van der Waals surface area contributed by atoms with E-state index < -0.39 is 0 Å². The average Bonchev–Trinajstić information content (AvgIpc) is 2.17. The van der Waals surface area contributed by atoms with Crippen LogP contribution in [-0.4, -0.2) is 0 Å². The molecule has 0 heterocycles. The van der Waals surface area contributed by atoms with Gasteiger partial charge in [-0.1, -0.05) is 49.6 Å². The fourth-order valence-corrected chi connectivity index (χ4v) is 1.57. The molecule has 0 aliphatic rings. The third-order valence-electron chi connectivity index (χ3n) is 2.12. The SMILES string of the molecule is C=Cc1cccc(/C=C\C)c1C(=C)C. The molecular formula is C14H16. The van der Waals surface area contributed by atoms with Gasteiger partial charge in [-0.25, -0.2) is 0 Å². The van der Waals surface area contributed by atoms with Crippen molar-refractivity contribution in [3.05, 3.63) is 54.1 Å². The second-order valence-electron chi connectivity index (χ2n) is 3.30. The Bertz CT molecular complexity index is 381. The summed E-state index contributed by atoms with van der Waals surface area (Å²) >= 11 is 0. The molecule has 0 unspecified atom stereocenters. The van der Waals surface area contributed by atoms with E-state index in [1.807, 2.05) is 32.1 Å². The lowest BCUT2D eigenvalue weighted by Gasteiger charge is -2.09. The van der Waals surface area contributed by atoms with E-state index in [1.54, 1.807) is 0 Å². The van der Waals surface area contributed by atoms with Crippen LogP contribution in [0.1, 0.15) is 30.5 Å². The van der Waals surface area contributed by atoms with Crippen LogP contribution in [0.2, 0.25) is 0 Å². The molecule has 0 saturated carbocycles. The van der Waals surface area contributed by atoms with Gasteiger partial charge in [-0.2, -0.15) is 0 Å². The minimum atomic E-state index is 1.08. The molecule has 0 aliphatic heterocycles. The monoisotopic (exact) mass is 184 g/mol. The van der Waals surface area contributed by atoms with E-state index in [0.717, 1.165) is 11.1 Å². The van der Waals surface area contributed by atoms with E-state index in [9.17, 15) is 0 Å². The predicted octanol–water partition coefficient (Wildman–Crippen LogP) is 4.40. The van der Waals surface area contributed by atoms with Crippen molar-refractivity contribution in [2.24, 2.45) is 0 Å². The molecule has 0 spiro atoms. The lowest BCUT2D eigenvalue weighted by atomic mass is 9.95. The van der Waals surface area contributed by atoms with E-state index in [0.29, 0.717) is 0 Å². The quantitative estimate of drug-likeness (QED) is 0.653. The number of hydrogen-bond acceptors (Lipinski definition) is 0. The molecule has 0 aliphatic carbocycles. The lowest BCUT2D eigenvalue weighted by molar-refractivity contribution is 1.51. The van der Waals surface area contributed by atoms with Gasteiger partial charge in [0.15, 0.2) is 0 Å². The van der Waals surface area contributed by atoms with Crippen molar-refractivity contribution in [1.82, 2.24) is 0 Å². The first-order valence-electron chi connectivity index (χ1n) is 4.74. The lowest BCUT2D eigenvalue weighted by Crippen LogP contribution is -1.89. The summed E-state index contributed by atoms with van der Waals surface area (Å²) in [5, 5.41) is 0. The summed E-state index contributed by atoms with van der Waals surface area (Å²) in [6.45, 7) is 11.8. The molecule has 0 aromatic heterocycles. The highest BCUT2D eigenvalue weighted by atomic mass is 14.1. The van der Waals surface area contributed by atoms with Gasteiger partial charge in [-0.05, 0) is 36.1 Å². The van der Waals surface area contributed by atoms with Crippen LogP contribution in [-0.2, 0) is 0 Å². The van der Waals surface area contributed by atoms with Crippen LogP contribution in [0.25, 0.3) is 17.7 Å². The van der Waals surface area contributed by atoms with Crippen molar-refractivity contribution >= 4 is 17.7 Å². The minimum absolute atomic E-state index is 1.08. The van der Waals surface area contributed by atoms with Crippen molar-refractivity contribution in [3.63, 3.8) is 0 Å². The predicted molar refractivity (Wildman–Crippen MR) is 65.9 cm³/mol. The third kappa shape index (κ3) is 2.02. The molecule has 0 atom stereocenters. The molecule has 0 heteroatoms. The molecule has 72 valence electrons. The number of benzene rings is 1. The molecule has 0 nitrogen and oxygen atoms in total. The largest absolute Gasteiger partial charge is 0.0984 e. The first kappa shape index (κ1) is 10.5. The molecule has 0 bridgehead atoms. The smallest absolute Gasteiger partial charge is 0.00884 e. The number of allylic oxidation sites excluding steroid dienone is 2. The molecule has 0 fully saturated rings. The Morgan fingerprint density at radius 3 is 2.43 bits per heavy atom. The molecule has 1 aromatic carbocycles. The van der Waals surface area contributed by atoms with E-state index in [2.05, 4.69) is 31.4 Å². The first-order chi connectivity index (χ1) is 6.70. The molecule has 0 N–H and O–H groups in total. The van der Waals surface area contributed by atoms with Crippen LogP contribution in [0.3, 0.4) is 0 Å². The van der Waals surface area contributed by atoms with E-state index >= 15 is 0 Å². The van der Waals surface area contributed by atoms with Gasteiger partial charge >= 0.3 is 0 Å². The summed E-state index contributed by atoms with van der Waals surface area (Å²) in [6, 6.07) is 6.19. The highest BCUT2D eigenvalue weighted by molar-refractivity contribution is 5.78. The normalized spacial score (nSPS) is 10.4. The van der Waals surface area contributed by atoms with Gasteiger partial charge in [0.1, 0.15) is 0 Å². The van der Waals surface area contributed by atoms with E-state index in [-0.39, 0.29) is 0 Å². The maximum absolute atomic E-state index is 4.00. The van der Waals surface area contributed by atoms with Gasteiger partial charge in [0.05, 0.1) is 0 Å². The summed E-state index contributed by atoms with van der Waals surface area (Å²) in [4.78, 5) is 0. The molecular weight excluding hydrogens is 168 g/mol. The zero-order chi connectivity index (χ0) is 10.6. The average molecular weight is 184 g/mol. The molecule has 0 radical (unpaired) electrons. The molecule has 14 heavy (non-hydrogen) atoms. The van der Waals surface area contributed by atoms with Gasteiger partial charge in [-0.3, -0.25) is 0 Å². The Kier molecular flexibility index (Phi) is 3.47. The Labute approximate surface area is 86.3 Å². The summed E-state index contributed by atoms with van der Waals surface area (Å²) < 4.78 is 0. The summed E-state index contributed by atoms with van der Waals surface area (Å²) in [5.74, 6) is 0. The Hall–Kier alpha value is -1.56. The summed E-state index contributed by atoms with van der Waals surface area (Å²) in [5.41, 5.74) is 4.62. The minimum Gasteiger partial charge on any atom is -0.0984 e. The van der Waals surface area contributed by atoms with Crippen LogP contribution >= 0.6 is 0 Å². The Morgan fingerprint density at radius 2 is 1.93 bits per heavy atom. The zero-order valence-corrected chi connectivity index (χ0v) is 8.88. The second kappa shape index (κ2) is 4.61. The van der Waals surface area contributed by atoms with Crippen LogP contribution in [0.4, 0.5) is 0 Å². The fourth-order valence-electron chi connectivity index (χ4n) is 1.57. The number of rotatable bonds is 3. The van der Waals surface area contributed by atoms with Crippen molar-refractivity contribution in [1.29, 1.82) is 0 Å². The summed E-state index contributed by atoms with van der Waals surface area (Å²) in [6.07, 6.45) is 6.00. The van der Waals surface area contributed by atoms with E-state index in [4.69, 9.17) is 0 Å². The molecule has 0 amide bonds. The van der Waals surface area contributed by atoms with Crippen molar-refractivity contribution < 1.29 is 0 Å². The van der Waals surface area contributed by atoms with Gasteiger partial charge in [0.2, 0.25) is 0 Å². The molecule has 0 saturated heterocycles. The van der Waals surface area contributed by atoms with Gasteiger partial charge < -0.3 is 0 Å².